The molecule has 0 unspecified atom stereocenters. The number of carbonyl (C=O) groups is 2. The summed E-state index contributed by atoms with van der Waals surface area (Å²) >= 11 is 5.91. The highest BCUT2D eigenvalue weighted by molar-refractivity contribution is 6.34. The standard InChI is InChI=1S/C19H15ClN4O5/c1-12-8-9-21-23(12)14-4-2-13(3-5-14)19(26)29-11-18(25)22-17-7-6-15(24(27)28)10-16(17)20/h2-10H,11H2,1H3,(H,22,25). The number of nitrogens with one attached hydrogen (secondary N) is 1. The Bertz CT molecular complexity index is 1080. The van der Waals surface area contributed by atoms with Gasteiger partial charge in [-0.15, -0.1) is 0 Å². The first-order valence-electron chi connectivity index (χ1n) is 8.37. The normalized spacial score (nSPS) is 10.4. The number of aromatic nitrogens is 2. The molecule has 0 spiro atoms. The maximum Gasteiger partial charge on any atom is 0.338 e. The molecule has 0 radical (unpaired) electrons. The summed E-state index contributed by atoms with van der Waals surface area (Å²) in [5.41, 5.74) is 1.99. The van der Waals surface area contributed by atoms with E-state index in [1.165, 1.54) is 12.1 Å². The monoisotopic (exact) mass is 414 g/mol. The molecule has 2 aromatic carbocycles. The van der Waals surface area contributed by atoms with Crippen LogP contribution in [0.15, 0.2) is 54.7 Å². The molecule has 0 fully saturated rings. The second-order valence-electron chi connectivity index (χ2n) is 5.98. The van der Waals surface area contributed by atoms with E-state index < -0.39 is 23.4 Å². The minimum Gasteiger partial charge on any atom is -0.452 e. The minimum atomic E-state index is -0.668. The van der Waals surface area contributed by atoms with Crippen LogP contribution >= 0.6 is 11.6 Å². The number of nitro groups is 1. The number of carbonyl (C=O) groups excluding carboxylic acids is 2. The molecule has 0 aliphatic rings. The van der Waals surface area contributed by atoms with E-state index in [9.17, 15) is 19.7 Å². The summed E-state index contributed by atoms with van der Waals surface area (Å²) < 4.78 is 6.71. The number of nitro benzene ring substituents is 1. The first-order valence-corrected chi connectivity index (χ1v) is 8.75. The van der Waals surface area contributed by atoms with E-state index in [1.54, 1.807) is 35.1 Å². The van der Waals surface area contributed by atoms with Crippen molar-refractivity contribution in [2.24, 2.45) is 0 Å². The molecular weight excluding hydrogens is 400 g/mol. The number of anilines is 1. The van der Waals surface area contributed by atoms with Crippen LogP contribution in [-0.2, 0) is 9.53 Å². The highest BCUT2D eigenvalue weighted by Gasteiger charge is 2.14. The lowest BCUT2D eigenvalue weighted by Gasteiger charge is -2.09. The number of rotatable bonds is 6. The molecule has 0 atom stereocenters. The number of halogens is 1. The van der Waals surface area contributed by atoms with Gasteiger partial charge >= 0.3 is 5.97 Å². The van der Waals surface area contributed by atoms with E-state index in [0.29, 0.717) is 0 Å². The number of nitrogens with zero attached hydrogens (tertiary/aromatic N) is 3. The second-order valence-corrected chi connectivity index (χ2v) is 6.38. The topological polar surface area (TPSA) is 116 Å². The van der Waals surface area contributed by atoms with Gasteiger partial charge in [0, 0.05) is 24.0 Å². The maximum atomic E-state index is 12.1. The Morgan fingerprint density at radius 1 is 1.21 bits per heavy atom. The summed E-state index contributed by atoms with van der Waals surface area (Å²) in [6.07, 6.45) is 1.67. The summed E-state index contributed by atoms with van der Waals surface area (Å²) in [5.74, 6) is -1.29. The maximum absolute atomic E-state index is 12.1. The number of esters is 1. The fraction of sp³-hybridized carbons (Fsp3) is 0.105. The van der Waals surface area contributed by atoms with Crippen LogP contribution < -0.4 is 5.32 Å². The number of aryl methyl sites for hydroxylation is 1. The van der Waals surface area contributed by atoms with E-state index in [-0.39, 0.29) is 22.0 Å². The van der Waals surface area contributed by atoms with Gasteiger partial charge in [-0.3, -0.25) is 14.9 Å². The quantitative estimate of drug-likeness (QED) is 0.374. The van der Waals surface area contributed by atoms with E-state index >= 15 is 0 Å². The van der Waals surface area contributed by atoms with Crippen molar-refractivity contribution in [1.29, 1.82) is 0 Å². The molecule has 0 bridgehead atoms. The van der Waals surface area contributed by atoms with Gasteiger partial charge in [-0.25, -0.2) is 9.48 Å². The summed E-state index contributed by atoms with van der Waals surface area (Å²) in [6, 6.07) is 12.1. The Labute approximate surface area is 170 Å². The van der Waals surface area contributed by atoms with Gasteiger partial charge in [0.1, 0.15) is 0 Å². The zero-order valence-electron chi connectivity index (χ0n) is 15.2. The predicted molar refractivity (Wildman–Crippen MR) is 105 cm³/mol. The van der Waals surface area contributed by atoms with Crippen molar-refractivity contribution in [2.75, 3.05) is 11.9 Å². The van der Waals surface area contributed by atoms with Crippen LogP contribution in [-0.4, -0.2) is 33.2 Å². The van der Waals surface area contributed by atoms with Crippen molar-refractivity contribution in [3.05, 3.63) is 81.1 Å². The van der Waals surface area contributed by atoms with E-state index in [0.717, 1.165) is 17.4 Å². The average Bonchev–Trinajstić information content (AvgIpc) is 3.13. The lowest BCUT2D eigenvalue weighted by molar-refractivity contribution is -0.384. The second kappa shape index (κ2) is 8.53. The van der Waals surface area contributed by atoms with E-state index in [2.05, 4.69) is 10.4 Å². The van der Waals surface area contributed by atoms with Gasteiger partial charge < -0.3 is 10.1 Å². The van der Waals surface area contributed by atoms with Crippen LogP contribution in [0.4, 0.5) is 11.4 Å². The molecule has 0 saturated carbocycles. The molecule has 0 saturated heterocycles. The number of hydrogen-bond donors (Lipinski definition) is 1. The van der Waals surface area contributed by atoms with Crippen LogP contribution in [0.25, 0.3) is 5.69 Å². The molecule has 3 rings (SSSR count). The molecule has 0 aliphatic carbocycles. The van der Waals surface area contributed by atoms with Crippen LogP contribution in [0.5, 0.6) is 0 Å². The smallest absolute Gasteiger partial charge is 0.338 e. The Balaban J connectivity index is 1.57. The van der Waals surface area contributed by atoms with Crippen molar-refractivity contribution in [3.8, 4) is 5.69 Å². The predicted octanol–water partition coefficient (Wildman–Crippen LogP) is 3.54. The summed E-state index contributed by atoms with van der Waals surface area (Å²) in [7, 11) is 0. The molecule has 1 amide bonds. The van der Waals surface area contributed by atoms with Crippen molar-refractivity contribution >= 4 is 34.9 Å². The highest BCUT2D eigenvalue weighted by atomic mass is 35.5. The zero-order chi connectivity index (χ0) is 21.0. The number of ether oxygens (including phenoxy) is 1. The van der Waals surface area contributed by atoms with Crippen molar-refractivity contribution in [3.63, 3.8) is 0 Å². The van der Waals surface area contributed by atoms with Gasteiger partial charge in [-0.1, -0.05) is 11.6 Å². The third-order valence-corrected chi connectivity index (χ3v) is 4.26. The third kappa shape index (κ3) is 4.77. The Morgan fingerprint density at radius 2 is 1.93 bits per heavy atom. The van der Waals surface area contributed by atoms with Gasteiger partial charge in [-0.2, -0.15) is 5.10 Å². The number of hydrogen-bond acceptors (Lipinski definition) is 6. The van der Waals surface area contributed by atoms with Crippen molar-refractivity contribution < 1.29 is 19.2 Å². The van der Waals surface area contributed by atoms with Crippen LogP contribution in [0.1, 0.15) is 16.1 Å². The van der Waals surface area contributed by atoms with Gasteiger partial charge in [0.05, 0.1) is 26.9 Å². The molecule has 1 aromatic heterocycles. The molecule has 10 heteroatoms. The van der Waals surface area contributed by atoms with Crippen LogP contribution in [0, 0.1) is 17.0 Å². The van der Waals surface area contributed by atoms with Gasteiger partial charge in [-0.05, 0) is 43.3 Å². The molecular formula is C19H15ClN4O5. The molecule has 29 heavy (non-hydrogen) atoms. The van der Waals surface area contributed by atoms with Crippen LogP contribution in [0.3, 0.4) is 0 Å². The number of amides is 1. The molecule has 148 valence electrons. The SMILES string of the molecule is Cc1ccnn1-c1ccc(C(=O)OCC(=O)Nc2ccc([N+](=O)[O-])cc2Cl)cc1. The van der Waals surface area contributed by atoms with Gasteiger partial charge in [0.25, 0.3) is 11.6 Å². The van der Waals surface area contributed by atoms with Gasteiger partial charge in [0.2, 0.25) is 0 Å². The Morgan fingerprint density at radius 3 is 2.52 bits per heavy atom. The number of non-ortho nitro benzene ring substituents is 1. The lowest BCUT2D eigenvalue weighted by Crippen LogP contribution is -2.21. The minimum absolute atomic E-state index is 0.00313. The van der Waals surface area contributed by atoms with Gasteiger partial charge in [0.15, 0.2) is 6.61 Å². The largest absolute Gasteiger partial charge is 0.452 e. The summed E-state index contributed by atoms with van der Waals surface area (Å²) in [5, 5.41) is 17.3. The highest BCUT2D eigenvalue weighted by Crippen LogP contribution is 2.26. The molecule has 0 aliphatic heterocycles. The summed E-state index contributed by atoms with van der Waals surface area (Å²) in [4.78, 5) is 34.2. The fourth-order valence-electron chi connectivity index (χ4n) is 2.50. The molecule has 3 aromatic rings. The zero-order valence-corrected chi connectivity index (χ0v) is 15.9. The number of benzene rings is 2. The fourth-order valence-corrected chi connectivity index (χ4v) is 2.72. The Hall–Kier alpha value is -3.72. The Kier molecular flexibility index (Phi) is 5.89. The molecule has 9 nitrogen and oxygen atoms in total. The first kappa shape index (κ1) is 20.0. The van der Waals surface area contributed by atoms with Crippen molar-refractivity contribution in [2.45, 2.75) is 6.92 Å². The van der Waals surface area contributed by atoms with E-state index in [4.69, 9.17) is 16.3 Å². The summed E-state index contributed by atoms with van der Waals surface area (Å²) in [6.45, 7) is 1.37. The average molecular weight is 415 g/mol. The third-order valence-electron chi connectivity index (χ3n) is 3.95. The lowest BCUT2D eigenvalue weighted by atomic mass is 10.2. The van der Waals surface area contributed by atoms with Crippen LogP contribution in [0.2, 0.25) is 5.02 Å². The molecule has 1 N–H and O–H groups in total. The van der Waals surface area contributed by atoms with E-state index in [1.807, 2.05) is 13.0 Å². The van der Waals surface area contributed by atoms with Crippen molar-refractivity contribution in [1.82, 2.24) is 9.78 Å². The first-order chi connectivity index (χ1) is 13.8. The molecule has 1 heterocycles.